The van der Waals surface area contributed by atoms with Crippen LogP contribution >= 0.6 is 11.8 Å². The Balaban J connectivity index is 1.37. The number of hydrogen-bond acceptors (Lipinski definition) is 4. The van der Waals surface area contributed by atoms with Crippen molar-refractivity contribution < 1.29 is 14.0 Å². The van der Waals surface area contributed by atoms with Crippen LogP contribution in [0.1, 0.15) is 36.8 Å². The summed E-state index contributed by atoms with van der Waals surface area (Å²) >= 11 is 1.55. The van der Waals surface area contributed by atoms with Crippen molar-refractivity contribution in [2.75, 3.05) is 26.7 Å². The lowest BCUT2D eigenvalue weighted by atomic mass is 9.93. The SMILES string of the molecule is CN(CCNC(=O)CN1C(=O)/C(=C/c2ccccc2F)SC2CCCCC21)Cc1ccccc1. The number of hydrogen-bond donors (Lipinski definition) is 1. The zero-order valence-electron chi connectivity index (χ0n) is 19.6. The van der Waals surface area contributed by atoms with Gasteiger partial charge in [0.25, 0.3) is 5.91 Å². The molecule has 2 atom stereocenters. The second-order valence-corrected chi connectivity index (χ2v) is 10.3. The Morgan fingerprint density at radius 2 is 1.88 bits per heavy atom. The molecule has 2 aliphatic rings. The van der Waals surface area contributed by atoms with E-state index in [9.17, 15) is 14.0 Å². The first-order valence-electron chi connectivity index (χ1n) is 11.9. The van der Waals surface area contributed by atoms with E-state index >= 15 is 0 Å². The molecule has 7 heteroatoms. The predicted octanol–water partition coefficient (Wildman–Crippen LogP) is 4.30. The fourth-order valence-corrected chi connectivity index (χ4v) is 6.13. The maximum absolute atomic E-state index is 14.2. The average Bonchev–Trinajstić information content (AvgIpc) is 2.83. The molecule has 2 amide bonds. The van der Waals surface area contributed by atoms with Crippen LogP contribution in [0.3, 0.4) is 0 Å². The highest BCUT2D eigenvalue weighted by atomic mass is 32.2. The Labute approximate surface area is 205 Å². The smallest absolute Gasteiger partial charge is 0.261 e. The van der Waals surface area contributed by atoms with E-state index in [1.807, 2.05) is 25.2 Å². The third kappa shape index (κ3) is 6.27. The average molecular weight is 482 g/mol. The standard InChI is InChI=1S/C27H32FN3O2S/c1-30(18-20-9-3-2-4-10-20)16-15-29-26(32)19-31-23-13-7-8-14-24(23)34-25(27(31)33)17-21-11-5-6-12-22(21)28/h2-6,9-12,17,23-24H,7-8,13-16,18-19H2,1H3,(H,29,32)/b25-17-. The highest BCUT2D eigenvalue weighted by Crippen LogP contribution is 2.42. The highest BCUT2D eigenvalue weighted by molar-refractivity contribution is 8.04. The summed E-state index contributed by atoms with van der Waals surface area (Å²) in [5.74, 6) is -0.672. The van der Waals surface area contributed by atoms with E-state index in [1.54, 1.807) is 40.9 Å². The van der Waals surface area contributed by atoms with Crippen LogP contribution in [0.5, 0.6) is 0 Å². The molecule has 0 bridgehead atoms. The van der Waals surface area contributed by atoms with Crippen molar-refractivity contribution in [1.82, 2.24) is 15.1 Å². The van der Waals surface area contributed by atoms with Gasteiger partial charge in [0.2, 0.25) is 5.91 Å². The molecule has 2 unspecified atom stereocenters. The maximum Gasteiger partial charge on any atom is 0.261 e. The highest BCUT2D eigenvalue weighted by Gasteiger charge is 2.41. The summed E-state index contributed by atoms with van der Waals surface area (Å²) in [5.41, 5.74) is 1.63. The molecule has 0 radical (unpaired) electrons. The first kappa shape index (κ1) is 24.5. The molecule has 2 fully saturated rings. The summed E-state index contributed by atoms with van der Waals surface area (Å²) in [5, 5.41) is 3.22. The molecule has 5 nitrogen and oxygen atoms in total. The van der Waals surface area contributed by atoms with Crippen molar-refractivity contribution in [3.8, 4) is 0 Å². The lowest BCUT2D eigenvalue weighted by Gasteiger charge is -2.43. The molecule has 1 aliphatic carbocycles. The molecule has 0 aromatic heterocycles. The second-order valence-electron chi connectivity index (χ2n) is 9.04. The third-order valence-electron chi connectivity index (χ3n) is 6.43. The van der Waals surface area contributed by atoms with Gasteiger partial charge in [-0.15, -0.1) is 11.8 Å². The van der Waals surface area contributed by atoms with Crippen LogP contribution in [-0.4, -0.2) is 59.6 Å². The molecule has 4 rings (SSSR count). The topological polar surface area (TPSA) is 52.7 Å². The molecule has 2 aromatic carbocycles. The van der Waals surface area contributed by atoms with Crippen LogP contribution in [0, 0.1) is 5.82 Å². The molecule has 180 valence electrons. The monoisotopic (exact) mass is 481 g/mol. The molecular weight excluding hydrogens is 449 g/mol. The van der Waals surface area contributed by atoms with Crippen LogP contribution < -0.4 is 5.32 Å². The number of carbonyl (C=O) groups is 2. The molecule has 2 aromatic rings. The van der Waals surface area contributed by atoms with Gasteiger partial charge in [-0.3, -0.25) is 9.59 Å². The van der Waals surface area contributed by atoms with Gasteiger partial charge in [-0.1, -0.05) is 61.4 Å². The van der Waals surface area contributed by atoms with Crippen molar-refractivity contribution in [2.45, 2.75) is 43.5 Å². The minimum absolute atomic E-state index is 0.0393. The summed E-state index contributed by atoms with van der Waals surface area (Å²) in [6.07, 6.45) is 5.71. The zero-order valence-corrected chi connectivity index (χ0v) is 20.4. The molecule has 1 saturated heterocycles. The molecule has 1 N–H and O–H groups in total. The van der Waals surface area contributed by atoms with Crippen molar-refractivity contribution >= 4 is 29.7 Å². The quantitative estimate of drug-likeness (QED) is 0.571. The van der Waals surface area contributed by atoms with Gasteiger partial charge < -0.3 is 15.1 Å². The van der Waals surface area contributed by atoms with E-state index in [0.29, 0.717) is 17.0 Å². The fraction of sp³-hybridized carbons (Fsp3) is 0.407. The van der Waals surface area contributed by atoms with Crippen LogP contribution in [0.4, 0.5) is 4.39 Å². The number of thioether (sulfide) groups is 1. The molecule has 1 heterocycles. The number of fused-ring (bicyclic) bond motifs is 1. The fourth-order valence-electron chi connectivity index (χ4n) is 4.67. The molecule has 0 spiro atoms. The van der Waals surface area contributed by atoms with E-state index in [2.05, 4.69) is 22.3 Å². The predicted molar refractivity (Wildman–Crippen MR) is 136 cm³/mol. The number of halogens is 1. The number of carbonyl (C=O) groups excluding carboxylic acids is 2. The first-order chi connectivity index (χ1) is 16.5. The zero-order chi connectivity index (χ0) is 23.9. The second kappa shape index (κ2) is 11.7. The van der Waals surface area contributed by atoms with Gasteiger partial charge in [-0.25, -0.2) is 4.39 Å². The van der Waals surface area contributed by atoms with Gasteiger partial charge in [-0.05, 0) is 37.6 Å². The van der Waals surface area contributed by atoms with Crippen LogP contribution in [0.25, 0.3) is 6.08 Å². The van der Waals surface area contributed by atoms with Gasteiger partial charge in [0, 0.05) is 36.5 Å². The third-order valence-corrected chi connectivity index (χ3v) is 7.83. The Kier molecular flexibility index (Phi) is 8.40. The summed E-state index contributed by atoms with van der Waals surface area (Å²) < 4.78 is 14.2. The number of rotatable bonds is 8. The van der Waals surface area contributed by atoms with Gasteiger partial charge in [-0.2, -0.15) is 0 Å². The van der Waals surface area contributed by atoms with E-state index < -0.39 is 0 Å². The van der Waals surface area contributed by atoms with E-state index in [1.165, 1.54) is 11.6 Å². The molecule has 1 saturated carbocycles. The first-order valence-corrected chi connectivity index (χ1v) is 12.8. The summed E-state index contributed by atoms with van der Waals surface area (Å²) in [6, 6.07) is 16.7. The van der Waals surface area contributed by atoms with Crippen LogP contribution in [0.15, 0.2) is 59.5 Å². The minimum atomic E-state index is -0.349. The van der Waals surface area contributed by atoms with E-state index in [4.69, 9.17) is 0 Å². The largest absolute Gasteiger partial charge is 0.353 e. The number of likely N-dealkylation sites (N-methyl/N-ethyl adjacent to an activating group) is 1. The lowest BCUT2D eigenvalue weighted by molar-refractivity contribution is -0.135. The van der Waals surface area contributed by atoms with Crippen molar-refractivity contribution in [3.63, 3.8) is 0 Å². The summed E-state index contributed by atoms with van der Waals surface area (Å²) in [7, 11) is 2.02. The summed E-state index contributed by atoms with van der Waals surface area (Å²) in [4.78, 5) is 30.5. The number of amides is 2. The number of nitrogens with one attached hydrogen (secondary N) is 1. The van der Waals surface area contributed by atoms with Gasteiger partial charge in [0.05, 0.1) is 4.91 Å². The Hall–Kier alpha value is -2.64. The molecule has 34 heavy (non-hydrogen) atoms. The Morgan fingerprint density at radius 1 is 1.15 bits per heavy atom. The number of nitrogens with zero attached hydrogens (tertiary/aromatic N) is 2. The lowest BCUT2D eigenvalue weighted by Crippen LogP contribution is -2.54. The van der Waals surface area contributed by atoms with Gasteiger partial charge >= 0.3 is 0 Å². The van der Waals surface area contributed by atoms with E-state index in [0.717, 1.165) is 38.8 Å². The normalized spacial score (nSPS) is 21.6. The maximum atomic E-state index is 14.2. The van der Waals surface area contributed by atoms with E-state index in [-0.39, 0.29) is 35.5 Å². The van der Waals surface area contributed by atoms with Crippen molar-refractivity contribution in [3.05, 3.63) is 76.4 Å². The molecule has 1 aliphatic heterocycles. The van der Waals surface area contributed by atoms with Crippen LogP contribution in [-0.2, 0) is 16.1 Å². The van der Waals surface area contributed by atoms with Crippen LogP contribution in [0.2, 0.25) is 0 Å². The minimum Gasteiger partial charge on any atom is -0.353 e. The van der Waals surface area contributed by atoms with Crippen molar-refractivity contribution in [2.24, 2.45) is 0 Å². The Morgan fingerprint density at radius 3 is 2.68 bits per heavy atom. The number of benzene rings is 2. The Bertz CT molecular complexity index is 1030. The van der Waals surface area contributed by atoms with Crippen molar-refractivity contribution in [1.29, 1.82) is 0 Å². The molecular formula is C27H32FN3O2S. The summed E-state index contributed by atoms with van der Waals surface area (Å²) in [6.45, 7) is 2.09. The van der Waals surface area contributed by atoms with Gasteiger partial charge in [0.15, 0.2) is 0 Å². The van der Waals surface area contributed by atoms with Gasteiger partial charge in [0.1, 0.15) is 12.4 Å².